The monoisotopic (exact) mass is 497 g/mol. The lowest BCUT2D eigenvalue weighted by molar-refractivity contribution is -0.127. The van der Waals surface area contributed by atoms with Crippen LogP contribution in [-0.4, -0.2) is 35.2 Å². The van der Waals surface area contributed by atoms with Crippen molar-refractivity contribution in [3.05, 3.63) is 65.5 Å². The summed E-state index contributed by atoms with van der Waals surface area (Å²) in [6, 6.07) is 11.2. The van der Waals surface area contributed by atoms with Crippen LogP contribution in [0.4, 0.5) is 22.0 Å². The average Bonchev–Trinajstić information content (AvgIpc) is 3.54. The number of alkyl halides is 4. The minimum Gasteiger partial charge on any atom is -0.336 e. The van der Waals surface area contributed by atoms with Gasteiger partial charge in [-0.25, -0.2) is 13.2 Å². The van der Waals surface area contributed by atoms with Crippen LogP contribution in [0.15, 0.2) is 53.4 Å². The van der Waals surface area contributed by atoms with Crippen molar-refractivity contribution in [1.29, 1.82) is 5.26 Å². The highest BCUT2D eigenvalue weighted by atomic mass is 32.2. The summed E-state index contributed by atoms with van der Waals surface area (Å²) in [5, 5.41) is 10.5. The highest BCUT2D eigenvalue weighted by molar-refractivity contribution is 8.00. The Hall–Kier alpha value is -2.64. The maximum absolute atomic E-state index is 14.8. The second-order valence-electron chi connectivity index (χ2n) is 8.53. The summed E-state index contributed by atoms with van der Waals surface area (Å²) in [6.45, 7) is 0.785. The molecule has 1 aliphatic rings. The Balaban J connectivity index is 1.69. The normalized spacial score (nSPS) is 15.9. The molecule has 4 nitrogen and oxygen atoms in total. The molecule has 0 aliphatic heterocycles. The van der Waals surface area contributed by atoms with Gasteiger partial charge in [0.15, 0.2) is 0 Å². The number of aryl methyl sites for hydroxylation is 1. The van der Waals surface area contributed by atoms with Crippen molar-refractivity contribution in [2.24, 2.45) is 0 Å². The van der Waals surface area contributed by atoms with E-state index in [0.717, 1.165) is 17.7 Å². The molecule has 1 atom stereocenters. The van der Waals surface area contributed by atoms with Crippen LogP contribution in [-0.2, 0) is 11.2 Å². The van der Waals surface area contributed by atoms with Gasteiger partial charge >= 0.3 is 5.25 Å². The van der Waals surface area contributed by atoms with Crippen LogP contribution in [0.3, 0.4) is 0 Å². The fourth-order valence-electron chi connectivity index (χ4n) is 3.30. The first-order valence-electron chi connectivity index (χ1n) is 10.6. The van der Waals surface area contributed by atoms with Gasteiger partial charge in [-0.3, -0.25) is 10.1 Å². The highest BCUT2D eigenvalue weighted by Crippen LogP contribution is 2.37. The first-order valence-corrected chi connectivity index (χ1v) is 11.5. The van der Waals surface area contributed by atoms with E-state index in [9.17, 15) is 32.0 Å². The molecule has 34 heavy (non-hydrogen) atoms. The number of hydrogen-bond acceptors (Lipinski definition) is 4. The Bertz CT molecular complexity index is 1030. The summed E-state index contributed by atoms with van der Waals surface area (Å²) in [7, 11) is 0. The summed E-state index contributed by atoms with van der Waals surface area (Å²) in [4.78, 5) is 13.0. The van der Waals surface area contributed by atoms with Crippen molar-refractivity contribution in [1.82, 2.24) is 10.6 Å². The van der Waals surface area contributed by atoms with E-state index in [1.54, 1.807) is 12.1 Å². The molecule has 0 spiro atoms. The number of rotatable bonds is 11. The van der Waals surface area contributed by atoms with E-state index in [4.69, 9.17) is 0 Å². The molecule has 0 saturated heterocycles. The molecule has 2 aromatic carbocycles. The lowest BCUT2D eigenvalue weighted by Gasteiger charge is -2.26. The molecule has 3 rings (SSSR count). The molecular weight excluding hydrogens is 473 g/mol. The predicted molar refractivity (Wildman–Crippen MR) is 119 cm³/mol. The van der Waals surface area contributed by atoms with Gasteiger partial charge in [-0.2, -0.15) is 14.0 Å². The van der Waals surface area contributed by atoms with Crippen molar-refractivity contribution >= 4 is 17.7 Å². The Labute approximate surface area is 198 Å². The maximum Gasteiger partial charge on any atom is 0.310 e. The molecule has 2 N–H and O–H groups in total. The molecular formula is C24H24F5N3OS. The minimum absolute atomic E-state index is 0.140. The van der Waals surface area contributed by atoms with E-state index in [0.29, 0.717) is 17.7 Å². The molecule has 1 fully saturated rings. The van der Waals surface area contributed by atoms with E-state index >= 15 is 0 Å². The Morgan fingerprint density at radius 2 is 1.74 bits per heavy atom. The van der Waals surface area contributed by atoms with Gasteiger partial charge in [-0.1, -0.05) is 41.6 Å². The zero-order valence-corrected chi connectivity index (χ0v) is 19.2. The van der Waals surface area contributed by atoms with Gasteiger partial charge in [0.2, 0.25) is 5.91 Å². The third-order valence-corrected chi connectivity index (χ3v) is 6.32. The first kappa shape index (κ1) is 26.0. The first-order chi connectivity index (χ1) is 15.9. The fourth-order valence-corrected chi connectivity index (χ4v) is 4.07. The van der Waals surface area contributed by atoms with Gasteiger partial charge in [-0.05, 0) is 49.6 Å². The second-order valence-corrected chi connectivity index (χ2v) is 9.81. The van der Waals surface area contributed by atoms with Crippen LogP contribution in [0.2, 0.25) is 0 Å². The second kappa shape index (κ2) is 10.3. The molecule has 10 heteroatoms. The summed E-state index contributed by atoms with van der Waals surface area (Å²) < 4.78 is 71.8. The number of carbonyl (C=O) groups excluding carboxylic acids is 1. The standard InChI is InChI=1S/C24H24F5N3OS/c1-16-2-8-19(9-3-16)34-24(28,29)15-31-20(21(33)32-22(14-30)10-11-22)13-23(26,27)12-17-4-6-18(25)7-5-17/h2-9,20,31H,10-13,15H2,1H3,(H,32,33)/t20-/m0/s1. The van der Waals surface area contributed by atoms with Gasteiger partial charge in [0.05, 0.1) is 18.7 Å². The fraction of sp³-hybridized carbons (Fsp3) is 0.417. The van der Waals surface area contributed by atoms with Gasteiger partial charge < -0.3 is 5.32 Å². The Morgan fingerprint density at radius 1 is 1.12 bits per heavy atom. The topological polar surface area (TPSA) is 64.9 Å². The Morgan fingerprint density at radius 3 is 2.29 bits per heavy atom. The number of benzene rings is 2. The van der Waals surface area contributed by atoms with Crippen molar-refractivity contribution < 1.29 is 26.7 Å². The van der Waals surface area contributed by atoms with Crippen LogP contribution in [0.25, 0.3) is 0 Å². The van der Waals surface area contributed by atoms with E-state index in [1.165, 1.54) is 24.3 Å². The zero-order valence-electron chi connectivity index (χ0n) is 18.4. The molecule has 1 aliphatic carbocycles. The van der Waals surface area contributed by atoms with E-state index in [-0.39, 0.29) is 17.3 Å². The average molecular weight is 498 g/mol. The number of amides is 1. The number of nitrogens with one attached hydrogen (secondary N) is 2. The maximum atomic E-state index is 14.8. The molecule has 0 unspecified atom stereocenters. The number of nitrogens with zero attached hydrogens (tertiary/aromatic N) is 1. The van der Waals surface area contributed by atoms with Crippen molar-refractivity contribution in [2.45, 2.75) is 60.3 Å². The van der Waals surface area contributed by atoms with Crippen molar-refractivity contribution in [3.63, 3.8) is 0 Å². The molecule has 0 heterocycles. The van der Waals surface area contributed by atoms with Gasteiger partial charge in [0, 0.05) is 17.7 Å². The summed E-state index contributed by atoms with van der Waals surface area (Å²) in [6.07, 6.45) is -1.12. The molecule has 0 radical (unpaired) electrons. The third kappa shape index (κ3) is 7.71. The van der Waals surface area contributed by atoms with Crippen molar-refractivity contribution in [3.8, 4) is 6.07 Å². The number of thioether (sulfide) groups is 1. The summed E-state index contributed by atoms with van der Waals surface area (Å²) in [5.74, 6) is -4.96. The number of halogens is 5. The minimum atomic E-state index is -3.45. The SMILES string of the molecule is Cc1ccc(SC(F)(F)CN[C@@H](CC(F)(F)Cc2ccc(F)cc2)C(=O)NC2(C#N)CC2)cc1. The van der Waals surface area contributed by atoms with Gasteiger partial charge in [0.1, 0.15) is 11.4 Å². The van der Waals surface area contributed by atoms with E-state index < -0.39 is 53.9 Å². The van der Waals surface area contributed by atoms with Gasteiger partial charge in [-0.15, -0.1) is 0 Å². The van der Waals surface area contributed by atoms with Crippen LogP contribution < -0.4 is 10.6 Å². The van der Waals surface area contributed by atoms with Crippen molar-refractivity contribution in [2.75, 3.05) is 6.54 Å². The van der Waals surface area contributed by atoms with Crippen LogP contribution in [0.5, 0.6) is 0 Å². The lowest BCUT2D eigenvalue weighted by Crippen LogP contribution is -2.52. The molecule has 0 bridgehead atoms. The molecule has 2 aromatic rings. The summed E-state index contributed by atoms with van der Waals surface area (Å²) >= 11 is 0.257. The highest BCUT2D eigenvalue weighted by Gasteiger charge is 2.47. The largest absolute Gasteiger partial charge is 0.336 e. The van der Waals surface area contributed by atoms with Crippen LogP contribution in [0, 0.1) is 24.1 Å². The summed E-state index contributed by atoms with van der Waals surface area (Å²) in [5.41, 5.74) is -0.0958. The van der Waals surface area contributed by atoms with Gasteiger partial charge in [0.25, 0.3) is 5.92 Å². The molecule has 1 amide bonds. The molecule has 0 aromatic heterocycles. The lowest BCUT2D eigenvalue weighted by atomic mass is 10.00. The molecule has 1 saturated carbocycles. The number of nitriles is 1. The smallest absolute Gasteiger partial charge is 0.310 e. The number of hydrogen-bond donors (Lipinski definition) is 2. The number of carbonyl (C=O) groups is 1. The van der Waals surface area contributed by atoms with Crippen LogP contribution >= 0.6 is 11.8 Å². The van der Waals surface area contributed by atoms with E-state index in [2.05, 4.69) is 10.6 Å². The van der Waals surface area contributed by atoms with Crippen LogP contribution in [0.1, 0.15) is 30.4 Å². The molecule has 182 valence electrons. The zero-order chi connectivity index (χ0) is 25.0. The third-order valence-electron chi connectivity index (χ3n) is 5.36. The van der Waals surface area contributed by atoms with E-state index in [1.807, 2.05) is 13.0 Å². The predicted octanol–water partition coefficient (Wildman–Crippen LogP) is 5.22. The quantitative estimate of drug-likeness (QED) is 0.330. The Kier molecular flexibility index (Phi) is 7.88.